The van der Waals surface area contributed by atoms with E-state index in [1.807, 2.05) is 6.07 Å². The molecule has 54 valence electrons. The number of ketones is 1. The Morgan fingerprint density at radius 2 is 2.40 bits per heavy atom. The van der Waals surface area contributed by atoms with Crippen molar-refractivity contribution in [2.45, 2.75) is 20.3 Å². The van der Waals surface area contributed by atoms with Crippen LogP contribution in [-0.4, -0.2) is 5.78 Å². The van der Waals surface area contributed by atoms with Gasteiger partial charge in [0.15, 0.2) is 0 Å². The van der Waals surface area contributed by atoms with Gasteiger partial charge in [-0.15, -0.1) is 6.58 Å². The lowest BCUT2D eigenvalue weighted by molar-refractivity contribution is -0.122. The minimum Gasteiger partial charge on any atom is -0.298 e. The monoisotopic (exact) mass is 137 g/mol. The van der Waals surface area contributed by atoms with Crippen molar-refractivity contribution in [2.24, 2.45) is 5.41 Å². The number of rotatable bonds is 3. The van der Waals surface area contributed by atoms with E-state index in [0.29, 0.717) is 6.42 Å². The molecule has 1 unspecified atom stereocenters. The minimum atomic E-state index is -0.859. The quantitative estimate of drug-likeness (QED) is 0.555. The van der Waals surface area contributed by atoms with Gasteiger partial charge in [0, 0.05) is 0 Å². The first kappa shape index (κ1) is 8.90. The Hall–Kier alpha value is -1.10. The van der Waals surface area contributed by atoms with E-state index in [1.54, 1.807) is 13.0 Å². The smallest absolute Gasteiger partial charge is 0.150 e. The number of hydrogen-bond donors (Lipinski definition) is 0. The zero-order chi connectivity index (χ0) is 8.20. The molecule has 0 N–H and O–H groups in total. The topological polar surface area (TPSA) is 40.9 Å². The molecule has 0 amide bonds. The molecule has 0 aromatic rings. The molecule has 0 spiro atoms. The van der Waals surface area contributed by atoms with Crippen molar-refractivity contribution < 1.29 is 4.79 Å². The van der Waals surface area contributed by atoms with Gasteiger partial charge in [-0.3, -0.25) is 4.79 Å². The molecule has 0 bridgehead atoms. The summed E-state index contributed by atoms with van der Waals surface area (Å²) in [6.07, 6.45) is 2.02. The molecular formula is C8H11NO. The van der Waals surface area contributed by atoms with Crippen LogP contribution in [0.1, 0.15) is 20.3 Å². The molecule has 0 aliphatic carbocycles. The molecule has 0 fully saturated rings. The maximum Gasteiger partial charge on any atom is 0.150 e. The molecule has 0 heterocycles. The third kappa shape index (κ3) is 1.70. The Morgan fingerprint density at radius 1 is 1.90 bits per heavy atom. The van der Waals surface area contributed by atoms with Crippen LogP contribution in [0.5, 0.6) is 0 Å². The molecule has 10 heavy (non-hydrogen) atoms. The minimum absolute atomic E-state index is 0.102. The molecule has 0 rings (SSSR count). The Morgan fingerprint density at radius 3 is 2.50 bits per heavy atom. The van der Waals surface area contributed by atoms with Crippen molar-refractivity contribution in [1.82, 2.24) is 0 Å². The van der Waals surface area contributed by atoms with Crippen LogP contribution in [0.4, 0.5) is 0 Å². The molecule has 0 saturated heterocycles. The van der Waals surface area contributed by atoms with E-state index in [2.05, 4.69) is 6.58 Å². The van der Waals surface area contributed by atoms with Crippen LogP contribution < -0.4 is 0 Å². The van der Waals surface area contributed by atoms with Gasteiger partial charge in [-0.1, -0.05) is 6.08 Å². The highest BCUT2D eigenvalue weighted by molar-refractivity contribution is 5.84. The predicted molar refractivity (Wildman–Crippen MR) is 39.2 cm³/mol. The van der Waals surface area contributed by atoms with Crippen molar-refractivity contribution in [3.63, 3.8) is 0 Å². The van der Waals surface area contributed by atoms with E-state index in [4.69, 9.17) is 5.26 Å². The molecule has 0 radical (unpaired) electrons. The van der Waals surface area contributed by atoms with Crippen LogP contribution >= 0.6 is 0 Å². The van der Waals surface area contributed by atoms with Crippen LogP contribution in [0.15, 0.2) is 12.7 Å². The zero-order valence-electron chi connectivity index (χ0n) is 6.35. The first-order valence-corrected chi connectivity index (χ1v) is 3.10. The fraction of sp³-hybridized carbons (Fsp3) is 0.500. The molecule has 2 nitrogen and oxygen atoms in total. The zero-order valence-corrected chi connectivity index (χ0v) is 6.35. The Labute approximate surface area is 61.2 Å². The maximum absolute atomic E-state index is 10.8. The summed E-state index contributed by atoms with van der Waals surface area (Å²) in [5.74, 6) is -0.102. The van der Waals surface area contributed by atoms with Gasteiger partial charge >= 0.3 is 0 Å². The largest absolute Gasteiger partial charge is 0.298 e. The van der Waals surface area contributed by atoms with Crippen molar-refractivity contribution >= 4 is 5.78 Å². The number of nitrogens with zero attached hydrogens (tertiary/aromatic N) is 1. The summed E-state index contributed by atoms with van der Waals surface area (Å²) in [6, 6.07) is 1.96. The summed E-state index contributed by atoms with van der Waals surface area (Å²) in [6.45, 7) is 6.52. The number of carbonyl (C=O) groups excluding carboxylic acids is 1. The highest BCUT2D eigenvalue weighted by atomic mass is 16.1. The highest BCUT2D eigenvalue weighted by Gasteiger charge is 2.27. The van der Waals surface area contributed by atoms with E-state index in [1.165, 1.54) is 6.92 Å². The van der Waals surface area contributed by atoms with E-state index in [9.17, 15) is 4.79 Å². The van der Waals surface area contributed by atoms with Gasteiger partial charge in [0.2, 0.25) is 0 Å². The molecule has 0 saturated carbocycles. The molecule has 0 aliphatic heterocycles. The SMILES string of the molecule is C=CCC(C)(C#N)C(C)=O. The van der Waals surface area contributed by atoms with Gasteiger partial charge < -0.3 is 0 Å². The fourth-order valence-corrected chi connectivity index (χ4v) is 0.557. The second-order valence-corrected chi connectivity index (χ2v) is 2.49. The van der Waals surface area contributed by atoms with Crippen LogP contribution in [0, 0.1) is 16.7 Å². The van der Waals surface area contributed by atoms with Gasteiger partial charge in [-0.05, 0) is 20.3 Å². The lowest BCUT2D eigenvalue weighted by Crippen LogP contribution is -2.22. The van der Waals surface area contributed by atoms with Crippen LogP contribution in [0.2, 0.25) is 0 Å². The standard InChI is InChI=1S/C8H11NO/c1-4-5-8(3,6-9)7(2)10/h4H,1,5H2,2-3H3. The molecule has 0 aromatic heterocycles. The number of carbonyl (C=O) groups is 1. The third-order valence-corrected chi connectivity index (χ3v) is 1.58. The lowest BCUT2D eigenvalue weighted by Gasteiger charge is -2.13. The van der Waals surface area contributed by atoms with Gasteiger partial charge in [0.05, 0.1) is 6.07 Å². The summed E-state index contributed by atoms with van der Waals surface area (Å²) in [5, 5.41) is 8.57. The Bertz CT molecular complexity index is 190. The maximum atomic E-state index is 10.8. The summed E-state index contributed by atoms with van der Waals surface area (Å²) >= 11 is 0. The van der Waals surface area contributed by atoms with Crippen LogP contribution in [0.3, 0.4) is 0 Å². The van der Waals surface area contributed by atoms with Crippen molar-refractivity contribution in [2.75, 3.05) is 0 Å². The summed E-state index contributed by atoms with van der Waals surface area (Å²) < 4.78 is 0. The number of nitriles is 1. The van der Waals surface area contributed by atoms with Crippen LogP contribution in [0.25, 0.3) is 0 Å². The molecular weight excluding hydrogens is 126 g/mol. The average Bonchev–Trinajstić information content (AvgIpc) is 1.88. The van der Waals surface area contributed by atoms with Gasteiger partial charge in [-0.2, -0.15) is 5.26 Å². The van der Waals surface area contributed by atoms with Gasteiger partial charge in [0.1, 0.15) is 11.2 Å². The molecule has 0 aliphatic rings. The third-order valence-electron chi connectivity index (χ3n) is 1.58. The average molecular weight is 137 g/mol. The van der Waals surface area contributed by atoms with Crippen molar-refractivity contribution in [3.8, 4) is 6.07 Å². The Balaban J connectivity index is 4.42. The summed E-state index contributed by atoms with van der Waals surface area (Å²) in [7, 11) is 0. The highest BCUT2D eigenvalue weighted by Crippen LogP contribution is 2.21. The predicted octanol–water partition coefficient (Wildman–Crippen LogP) is 1.68. The molecule has 0 aromatic carbocycles. The fourth-order valence-electron chi connectivity index (χ4n) is 0.557. The van der Waals surface area contributed by atoms with E-state index >= 15 is 0 Å². The Kier molecular flexibility index (Phi) is 2.82. The van der Waals surface area contributed by atoms with E-state index in [-0.39, 0.29) is 5.78 Å². The van der Waals surface area contributed by atoms with Crippen LogP contribution in [-0.2, 0) is 4.79 Å². The van der Waals surface area contributed by atoms with Crippen molar-refractivity contribution in [3.05, 3.63) is 12.7 Å². The molecule has 1 atom stereocenters. The number of hydrogen-bond acceptors (Lipinski definition) is 2. The normalized spacial score (nSPS) is 14.9. The number of Topliss-reactive ketones (excluding diaryl/α,β-unsaturated/α-hetero) is 1. The lowest BCUT2D eigenvalue weighted by atomic mass is 9.85. The van der Waals surface area contributed by atoms with E-state index < -0.39 is 5.41 Å². The van der Waals surface area contributed by atoms with Gasteiger partial charge in [-0.25, -0.2) is 0 Å². The molecule has 2 heteroatoms. The second kappa shape index (κ2) is 3.17. The number of allylic oxidation sites excluding steroid dienone is 1. The van der Waals surface area contributed by atoms with Gasteiger partial charge in [0.25, 0.3) is 0 Å². The first-order chi connectivity index (χ1) is 4.56. The summed E-state index contributed by atoms with van der Waals surface area (Å²) in [5.41, 5.74) is -0.859. The van der Waals surface area contributed by atoms with E-state index in [0.717, 1.165) is 0 Å². The summed E-state index contributed by atoms with van der Waals surface area (Å²) in [4.78, 5) is 10.8. The second-order valence-electron chi connectivity index (χ2n) is 2.49. The van der Waals surface area contributed by atoms with Crippen molar-refractivity contribution in [1.29, 1.82) is 5.26 Å². The first-order valence-electron chi connectivity index (χ1n) is 3.10.